The third-order valence-electron chi connectivity index (χ3n) is 6.58. The lowest BCUT2D eigenvalue weighted by molar-refractivity contribution is 0.0502. The lowest BCUT2D eigenvalue weighted by Crippen LogP contribution is -2.37. The summed E-state index contributed by atoms with van der Waals surface area (Å²) in [5.41, 5.74) is 2.25. The maximum atomic E-state index is 14.7. The number of hydrogen-bond donors (Lipinski definition) is 0. The van der Waals surface area contributed by atoms with Crippen LogP contribution in [0.1, 0.15) is 34.5 Å². The standard InChI is InChI=1S/C30H30FN3O4/c1-21-27(20-33(19-25-14-9-17-37-25)29(35)26-15-6-7-16-28(26)31)30(34(32-21)22-10-4-3-5-11-22)38-24-13-8-12-23(18-24)36-2/h3-8,10-13,15-16,18,25H,9,14,17,19-20H2,1-2H3. The number of halogens is 1. The number of para-hydroxylation sites is 1. The zero-order chi connectivity index (χ0) is 26.5. The predicted octanol–water partition coefficient (Wildman–Crippen LogP) is 5.94. The van der Waals surface area contributed by atoms with E-state index in [9.17, 15) is 9.18 Å². The molecule has 0 spiro atoms. The van der Waals surface area contributed by atoms with Crippen molar-refractivity contribution in [3.63, 3.8) is 0 Å². The minimum atomic E-state index is -0.556. The van der Waals surface area contributed by atoms with E-state index >= 15 is 0 Å². The van der Waals surface area contributed by atoms with E-state index in [-0.39, 0.29) is 18.2 Å². The molecule has 1 amide bonds. The van der Waals surface area contributed by atoms with Crippen LogP contribution in [0.4, 0.5) is 4.39 Å². The van der Waals surface area contributed by atoms with Crippen molar-refractivity contribution in [2.24, 2.45) is 0 Å². The first kappa shape index (κ1) is 25.5. The SMILES string of the molecule is COc1cccc(Oc2c(CN(CC3CCCO3)C(=O)c3ccccc3F)c(C)nn2-c2ccccc2)c1. The first-order valence-corrected chi connectivity index (χ1v) is 12.6. The molecule has 1 aliphatic rings. The highest BCUT2D eigenvalue weighted by molar-refractivity contribution is 5.94. The highest BCUT2D eigenvalue weighted by Gasteiger charge is 2.29. The number of aromatic nitrogens is 2. The van der Waals surface area contributed by atoms with Gasteiger partial charge in [0.2, 0.25) is 5.88 Å². The largest absolute Gasteiger partial charge is 0.497 e. The van der Waals surface area contributed by atoms with Crippen LogP contribution in [0.15, 0.2) is 78.9 Å². The number of benzene rings is 3. The van der Waals surface area contributed by atoms with E-state index in [0.29, 0.717) is 36.2 Å². The average molecular weight is 516 g/mol. The molecule has 4 aromatic rings. The number of carbonyl (C=O) groups is 1. The van der Waals surface area contributed by atoms with Crippen molar-refractivity contribution in [2.75, 3.05) is 20.3 Å². The molecule has 38 heavy (non-hydrogen) atoms. The number of amides is 1. The van der Waals surface area contributed by atoms with Crippen LogP contribution in [0, 0.1) is 12.7 Å². The van der Waals surface area contributed by atoms with E-state index in [2.05, 4.69) is 0 Å². The Morgan fingerprint density at radius 2 is 1.84 bits per heavy atom. The normalized spacial score (nSPS) is 14.9. The Labute approximate surface area is 221 Å². The van der Waals surface area contributed by atoms with Crippen molar-refractivity contribution in [2.45, 2.75) is 32.4 Å². The fraction of sp³-hybridized carbons (Fsp3) is 0.267. The molecule has 5 rings (SSSR count). The zero-order valence-corrected chi connectivity index (χ0v) is 21.5. The summed E-state index contributed by atoms with van der Waals surface area (Å²) in [6.07, 6.45) is 1.66. The van der Waals surface area contributed by atoms with Crippen molar-refractivity contribution in [1.82, 2.24) is 14.7 Å². The molecule has 0 saturated carbocycles. The van der Waals surface area contributed by atoms with Crippen LogP contribution in [-0.2, 0) is 11.3 Å². The number of methoxy groups -OCH3 is 1. The summed E-state index contributed by atoms with van der Waals surface area (Å²) >= 11 is 0. The van der Waals surface area contributed by atoms with E-state index < -0.39 is 11.7 Å². The number of ether oxygens (including phenoxy) is 3. The van der Waals surface area contributed by atoms with Gasteiger partial charge in [0.1, 0.15) is 17.3 Å². The van der Waals surface area contributed by atoms with Crippen molar-refractivity contribution in [3.05, 3.63) is 102 Å². The second-order valence-electron chi connectivity index (χ2n) is 9.20. The Balaban J connectivity index is 1.56. The zero-order valence-electron chi connectivity index (χ0n) is 21.5. The number of nitrogens with zero attached hydrogens (tertiary/aromatic N) is 3. The molecule has 7 nitrogen and oxygen atoms in total. The molecule has 8 heteroatoms. The molecule has 196 valence electrons. The molecule has 0 aliphatic carbocycles. The third kappa shape index (κ3) is 5.55. The van der Waals surface area contributed by atoms with Crippen LogP contribution in [-0.4, -0.2) is 47.0 Å². The average Bonchev–Trinajstić information content (AvgIpc) is 3.57. The van der Waals surface area contributed by atoms with Crippen LogP contribution in [0.5, 0.6) is 17.4 Å². The van der Waals surface area contributed by atoms with Gasteiger partial charge in [0.05, 0.1) is 42.3 Å². The summed E-state index contributed by atoms with van der Waals surface area (Å²) in [5.74, 6) is 0.730. The molecule has 0 bridgehead atoms. The predicted molar refractivity (Wildman–Crippen MR) is 141 cm³/mol. The van der Waals surface area contributed by atoms with Gasteiger partial charge < -0.3 is 19.1 Å². The van der Waals surface area contributed by atoms with Gasteiger partial charge in [0.15, 0.2) is 0 Å². The first-order chi connectivity index (χ1) is 18.5. The van der Waals surface area contributed by atoms with Gasteiger partial charge in [-0.25, -0.2) is 9.07 Å². The summed E-state index contributed by atoms with van der Waals surface area (Å²) in [5, 5.41) is 4.77. The van der Waals surface area contributed by atoms with Crippen molar-refractivity contribution in [1.29, 1.82) is 0 Å². The lowest BCUT2D eigenvalue weighted by atomic mass is 10.1. The number of carbonyl (C=O) groups excluding carboxylic acids is 1. The van der Waals surface area contributed by atoms with Gasteiger partial charge in [-0.1, -0.05) is 36.4 Å². The molecule has 1 unspecified atom stereocenters. The van der Waals surface area contributed by atoms with Gasteiger partial charge >= 0.3 is 0 Å². The lowest BCUT2D eigenvalue weighted by Gasteiger charge is -2.26. The minimum Gasteiger partial charge on any atom is -0.497 e. The molecule has 1 aliphatic heterocycles. The van der Waals surface area contributed by atoms with Crippen LogP contribution >= 0.6 is 0 Å². The maximum Gasteiger partial charge on any atom is 0.257 e. The maximum absolute atomic E-state index is 14.7. The Morgan fingerprint density at radius 3 is 2.58 bits per heavy atom. The molecule has 0 N–H and O–H groups in total. The van der Waals surface area contributed by atoms with Crippen LogP contribution < -0.4 is 9.47 Å². The quantitative estimate of drug-likeness (QED) is 0.276. The van der Waals surface area contributed by atoms with Crippen LogP contribution in [0.3, 0.4) is 0 Å². The van der Waals surface area contributed by atoms with Crippen molar-refractivity contribution < 1.29 is 23.4 Å². The van der Waals surface area contributed by atoms with Crippen LogP contribution in [0.25, 0.3) is 5.69 Å². The topological polar surface area (TPSA) is 65.8 Å². The van der Waals surface area contributed by atoms with Gasteiger partial charge in [-0.3, -0.25) is 4.79 Å². The molecule has 3 aromatic carbocycles. The van der Waals surface area contributed by atoms with E-state index in [4.69, 9.17) is 19.3 Å². The fourth-order valence-electron chi connectivity index (χ4n) is 4.59. The molecular formula is C30H30FN3O4. The summed E-state index contributed by atoms with van der Waals surface area (Å²) in [4.78, 5) is 15.3. The van der Waals surface area contributed by atoms with Gasteiger partial charge in [0, 0.05) is 19.2 Å². The van der Waals surface area contributed by atoms with Crippen molar-refractivity contribution in [3.8, 4) is 23.1 Å². The van der Waals surface area contributed by atoms with E-state index in [1.165, 1.54) is 12.1 Å². The van der Waals surface area contributed by atoms with E-state index in [1.807, 2.05) is 55.5 Å². The summed E-state index contributed by atoms with van der Waals surface area (Å²) in [6, 6.07) is 23.0. The molecule has 1 aromatic heterocycles. The van der Waals surface area contributed by atoms with Gasteiger partial charge in [-0.2, -0.15) is 5.10 Å². The van der Waals surface area contributed by atoms with Crippen molar-refractivity contribution >= 4 is 5.91 Å². The Kier molecular flexibility index (Phi) is 7.70. The molecule has 0 radical (unpaired) electrons. The van der Waals surface area contributed by atoms with Gasteiger partial charge in [0.25, 0.3) is 5.91 Å². The van der Waals surface area contributed by atoms with Gasteiger partial charge in [-0.15, -0.1) is 0 Å². The first-order valence-electron chi connectivity index (χ1n) is 12.6. The second-order valence-corrected chi connectivity index (χ2v) is 9.20. The Bertz CT molecular complexity index is 1400. The van der Waals surface area contributed by atoms with E-state index in [0.717, 1.165) is 24.1 Å². The van der Waals surface area contributed by atoms with Gasteiger partial charge in [-0.05, 0) is 56.2 Å². The smallest absolute Gasteiger partial charge is 0.257 e. The number of aryl methyl sites for hydroxylation is 1. The van der Waals surface area contributed by atoms with Crippen LogP contribution in [0.2, 0.25) is 0 Å². The summed E-state index contributed by atoms with van der Waals surface area (Å²) in [7, 11) is 1.60. The molecule has 1 fully saturated rings. The second kappa shape index (κ2) is 11.5. The minimum absolute atomic E-state index is 0.0221. The monoisotopic (exact) mass is 515 g/mol. The Morgan fingerprint density at radius 1 is 1.08 bits per heavy atom. The third-order valence-corrected chi connectivity index (χ3v) is 6.58. The molecular weight excluding hydrogens is 485 g/mol. The molecule has 2 heterocycles. The number of rotatable bonds is 9. The highest BCUT2D eigenvalue weighted by atomic mass is 19.1. The highest BCUT2D eigenvalue weighted by Crippen LogP contribution is 2.33. The van der Waals surface area contributed by atoms with E-state index in [1.54, 1.807) is 34.9 Å². The number of hydrogen-bond acceptors (Lipinski definition) is 5. The molecule has 1 atom stereocenters. The summed E-state index contributed by atoms with van der Waals surface area (Å²) in [6.45, 7) is 3.04. The molecule has 1 saturated heterocycles. The fourth-order valence-corrected chi connectivity index (χ4v) is 4.59. The Hall–Kier alpha value is -4.17. The summed E-state index contributed by atoms with van der Waals surface area (Å²) < 4.78 is 34.0.